The van der Waals surface area contributed by atoms with Crippen molar-refractivity contribution in [2.24, 2.45) is 0 Å². The summed E-state index contributed by atoms with van der Waals surface area (Å²) < 4.78 is 31.1. The van der Waals surface area contributed by atoms with Gasteiger partial charge in [0, 0.05) is 11.9 Å². The highest BCUT2D eigenvalue weighted by Crippen LogP contribution is 2.29. The van der Waals surface area contributed by atoms with E-state index in [4.69, 9.17) is 4.74 Å². The Morgan fingerprint density at radius 2 is 1.87 bits per heavy atom. The van der Waals surface area contributed by atoms with Gasteiger partial charge in [-0.05, 0) is 31.3 Å². The molecule has 2 N–H and O–H groups in total. The zero-order chi connectivity index (χ0) is 16.3. The summed E-state index contributed by atoms with van der Waals surface area (Å²) in [6, 6.07) is 15.6. The lowest BCUT2D eigenvalue weighted by molar-refractivity contribution is 0.321. The third-order valence-corrected chi connectivity index (χ3v) is 5.24. The van der Waals surface area contributed by atoms with Crippen LogP contribution in [0.5, 0.6) is 5.75 Å². The molecule has 120 valence electrons. The highest BCUT2D eigenvalue weighted by Gasteiger charge is 2.20. The topological polar surface area (TPSA) is 71.2 Å². The summed E-state index contributed by atoms with van der Waals surface area (Å²) in [5.41, 5.74) is 0.693. The zero-order valence-corrected chi connectivity index (χ0v) is 13.6. The normalized spacial score (nSPS) is 11.7. The van der Waals surface area contributed by atoms with E-state index >= 15 is 0 Å². The summed E-state index contributed by atoms with van der Waals surface area (Å²) in [4.78, 5) is 3.26. The molecular weight excluding hydrogens is 312 g/mol. The molecule has 0 unspecified atom stereocenters. The number of ether oxygens (including phenoxy) is 1. The summed E-state index contributed by atoms with van der Waals surface area (Å²) in [7, 11) is -1.72. The molecule has 2 aromatic carbocycles. The molecule has 3 aromatic rings. The number of nitrogens with one attached hydrogen (secondary N) is 2. The number of rotatable bonds is 6. The van der Waals surface area contributed by atoms with Crippen molar-refractivity contribution < 1.29 is 13.2 Å². The molecule has 23 heavy (non-hydrogen) atoms. The molecule has 0 aliphatic carbocycles. The zero-order valence-electron chi connectivity index (χ0n) is 12.7. The third-order valence-electron chi connectivity index (χ3n) is 3.55. The standard InChI is InChI=1S/C17H18N2O3S/c1-18-10-11-22-15-9-5-6-13-12-16(19-17(13)15)23(20,21)14-7-3-2-4-8-14/h2-9,12,18-19H,10-11H2,1H3. The number of likely N-dealkylation sites (N-methyl/N-ethyl adjacent to an activating group) is 1. The number of hydrogen-bond donors (Lipinski definition) is 2. The minimum atomic E-state index is -3.57. The van der Waals surface area contributed by atoms with E-state index in [1.807, 2.05) is 25.2 Å². The number of aromatic nitrogens is 1. The van der Waals surface area contributed by atoms with Crippen molar-refractivity contribution >= 4 is 20.7 Å². The highest BCUT2D eigenvalue weighted by molar-refractivity contribution is 7.91. The summed E-state index contributed by atoms with van der Waals surface area (Å²) in [6.07, 6.45) is 0. The molecule has 0 saturated carbocycles. The molecule has 0 spiro atoms. The van der Waals surface area contributed by atoms with Gasteiger partial charge in [0.2, 0.25) is 9.84 Å². The predicted molar refractivity (Wildman–Crippen MR) is 89.6 cm³/mol. The lowest BCUT2D eigenvalue weighted by Crippen LogP contribution is -2.16. The quantitative estimate of drug-likeness (QED) is 0.682. The van der Waals surface area contributed by atoms with Crippen molar-refractivity contribution in [1.82, 2.24) is 10.3 Å². The number of aromatic amines is 1. The molecule has 3 rings (SSSR count). The molecule has 0 amide bonds. The SMILES string of the molecule is CNCCOc1cccc2cc(S(=O)(=O)c3ccccc3)[nH]c12. The smallest absolute Gasteiger partial charge is 0.221 e. The first-order valence-corrected chi connectivity index (χ1v) is 8.80. The van der Waals surface area contributed by atoms with Gasteiger partial charge >= 0.3 is 0 Å². The molecular formula is C17H18N2O3S. The van der Waals surface area contributed by atoms with Crippen molar-refractivity contribution in [1.29, 1.82) is 0 Å². The van der Waals surface area contributed by atoms with Crippen LogP contribution in [0.2, 0.25) is 0 Å². The fraction of sp³-hybridized carbons (Fsp3) is 0.176. The Morgan fingerprint density at radius 3 is 2.61 bits per heavy atom. The Bertz CT molecular complexity index is 902. The molecule has 1 aromatic heterocycles. The van der Waals surface area contributed by atoms with Gasteiger partial charge < -0.3 is 15.0 Å². The monoisotopic (exact) mass is 330 g/mol. The number of sulfone groups is 1. The molecule has 0 bridgehead atoms. The van der Waals surface area contributed by atoms with Crippen LogP contribution in [0.3, 0.4) is 0 Å². The van der Waals surface area contributed by atoms with E-state index in [1.165, 1.54) is 0 Å². The number of para-hydroxylation sites is 1. The van der Waals surface area contributed by atoms with Gasteiger partial charge in [0.15, 0.2) is 0 Å². The van der Waals surface area contributed by atoms with Gasteiger partial charge in [-0.2, -0.15) is 0 Å². The third kappa shape index (κ3) is 3.09. The van der Waals surface area contributed by atoms with Gasteiger partial charge in [-0.1, -0.05) is 30.3 Å². The molecule has 6 heteroatoms. The van der Waals surface area contributed by atoms with E-state index < -0.39 is 9.84 Å². The largest absolute Gasteiger partial charge is 0.490 e. The van der Waals surface area contributed by atoms with Gasteiger partial charge in [-0.15, -0.1) is 0 Å². The van der Waals surface area contributed by atoms with E-state index in [1.54, 1.807) is 36.4 Å². The van der Waals surface area contributed by atoms with Gasteiger partial charge in [0.25, 0.3) is 0 Å². The average Bonchev–Trinajstić information content (AvgIpc) is 3.02. The first-order chi connectivity index (χ1) is 11.1. The molecule has 5 nitrogen and oxygen atoms in total. The number of fused-ring (bicyclic) bond motifs is 1. The first-order valence-electron chi connectivity index (χ1n) is 7.32. The van der Waals surface area contributed by atoms with Gasteiger partial charge in [-0.25, -0.2) is 8.42 Å². The van der Waals surface area contributed by atoms with Crippen molar-refractivity contribution in [3.05, 3.63) is 54.6 Å². The second-order valence-corrected chi connectivity index (χ2v) is 7.04. The number of benzene rings is 2. The second-order valence-electron chi connectivity index (χ2n) is 5.12. The highest BCUT2D eigenvalue weighted by atomic mass is 32.2. The maximum atomic E-state index is 12.7. The molecule has 0 aliphatic heterocycles. The van der Waals surface area contributed by atoms with Gasteiger partial charge in [0.05, 0.1) is 10.4 Å². The Balaban J connectivity index is 2.02. The van der Waals surface area contributed by atoms with Crippen LogP contribution in [0.25, 0.3) is 10.9 Å². The fourth-order valence-corrected chi connectivity index (χ4v) is 3.65. The van der Waals surface area contributed by atoms with E-state index in [9.17, 15) is 8.42 Å². The van der Waals surface area contributed by atoms with E-state index in [-0.39, 0.29) is 9.92 Å². The minimum absolute atomic E-state index is 0.170. The van der Waals surface area contributed by atoms with Gasteiger partial charge in [-0.3, -0.25) is 0 Å². The van der Waals surface area contributed by atoms with Crippen LogP contribution >= 0.6 is 0 Å². The summed E-state index contributed by atoms with van der Waals surface area (Å²) >= 11 is 0. The molecule has 0 atom stereocenters. The van der Waals surface area contributed by atoms with Crippen LogP contribution in [0.15, 0.2) is 64.5 Å². The van der Waals surface area contributed by atoms with Crippen LogP contribution in [-0.2, 0) is 9.84 Å². The van der Waals surface area contributed by atoms with Crippen molar-refractivity contribution in [2.45, 2.75) is 9.92 Å². The Labute approximate surface area is 135 Å². The molecule has 0 aliphatic rings. The van der Waals surface area contributed by atoms with Crippen LogP contribution in [-0.4, -0.2) is 33.6 Å². The van der Waals surface area contributed by atoms with Crippen molar-refractivity contribution in [3.63, 3.8) is 0 Å². The van der Waals surface area contributed by atoms with Crippen molar-refractivity contribution in [3.8, 4) is 5.75 Å². The molecule has 1 heterocycles. The van der Waals surface area contributed by atoms with E-state index in [0.717, 1.165) is 5.39 Å². The Kier molecular flexibility index (Phi) is 4.36. The lowest BCUT2D eigenvalue weighted by atomic mass is 10.2. The Hall–Kier alpha value is -2.31. The molecule has 0 radical (unpaired) electrons. The second kappa shape index (κ2) is 6.44. The average molecular weight is 330 g/mol. The van der Waals surface area contributed by atoms with Crippen LogP contribution in [0, 0.1) is 0 Å². The van der Waals surface area contributed by atoms with Crippen LogP contribution in [0.1, 0.15) is 0 Å². The lowest BCUT2D eigenvalue weighted by Gasteiger charge is -2.06. The van der Waals surface area contributed by atoms with Crippen molar-refractivity contribution in [2.75, 3.05) is 20.2 Å². The maximum Gasteiger partial charge on any atom is 0.221 e. The van der Waals surface area contributed by atoms with Crippen LogP contribution < -0.4 is 10.1 Å². The Morgan fingerprint density at radius 1 is 1.09 bits per heavy atom. The summed E-state index contributed by atoms with van der Waals surface area (Å²) in [5, 5.41) is 3.98. The molecule has 0 saturated heterocycles. The summed E-state index contributed by atoms with van der Waals surface area (Å²) in [6.45, 7) is 1.22. The number of H-pyrrole nitrogens is 1. The first kappa shape index (κ1) is 15.6. The van der Waals surface area contributed by atoms with E-state index in [0.29, 0.717) is 24.4 Å². The maximum absolute atomic E-state index is 12.7. The minimum Gasteiger partial charge on any atom is -0.490 e. The van der Waals surface area contributed by atoms with Crippen LogP contribution in [0.4, 0.5) is 0 Å². The van der Waals surface area contributed by atoms with E-state index in [2.05, 4.69) is 10.3 Å². The predicted octanol–water partition coefficient (Wildman–Crippen LogP) is 2.60. The fourth-order valence-electron chi connectivity index (χ4n) is 2.36. The summed E-state index contributed by atoms with van der Waals surface area (Å²) in [5.74, 6) is 0.646. The van der Waals surface area contributed by atoms with Gasteiger partial charge in [0.1, 0.15) is 17.4 Å². The number of hydrogen-bond acceptors (Lipinski definition) is 4. The molecule has 0 fully saturated rings.